The first-order chi connectivity index (χ1) is 11.9. The van der Waals surface area contributed by atoms with E-state index < -0.39 is 24.0 Å². The minimum atomic E-state index is -1.06. The first kappa shape index (κ1) is 18.9. The summed E-state index contributed by atoms with van der Waals surface area (Å²) in [7, 11) is 0. The van der Waals surface area contributed by atoms with Gasteiger partial charge in [-0.15, -0.1) is 0 Å². The van der Waals surface area contributed by atoms with Gasteiger partial charge in [0, 0.05) is 29.7 Å². The van der Waals surface area contributed by atoms with Crippen LogP contribution in [0.2, 0.25) is 0 Å². The average Bonchev–Trinajstić information content (AvgIpc) is 3.00. The van der Waals surface area contributed by atoms with Crippen molar-refractivity contribution in [2.24, 2.45) is 0 Å². The molecule has 1 aliphatic heterocycles. The second-order valence-electron chi connectivity index (χ2n) is 5.37. The molecular formula is C16H18BrN3O5. The number of rotatable bonds is 6. The van der Waals surface area contributed by atoms with Gasteiger partial charge in [-0.25, -0.2) is 4.79 Å². The molecule has 8 nitrogen and oxygen atoms in total. The number of hydrogen-bond acceptors (Lipinski definition) is 5. The number of urea groups is 1. The van der Waals surface area contributed by atoms with Crippen LogP contribution in [0.25, 0.3) is 0 Å². The third-order valence-electron chi connectivity index (χ3n) is 3.50. The number of benzene rings is 1. The molecule has 2 rings (SSSR count). The number of nitrogens with zero attached hydrogens (tertiary/aromatic N) is 1. The van der Waals surface area contributed by atoms with Crippen LogP contribution in [-0.4, -0.2) is 54.5 Å². The minimum absolute atomic E-state index is 0.0773. The zero-order chi connectivity index (χ0) is 18.4. The molecular weight excluding hydrogens is 394 g/mol. The molecule has 1 fully saturated rings. The highest BCUT2D eigenvalue weighted by Crippen LogP contribution is 2.10. The van der Waals surface area contributed by atoms with E-state index in [0.717, 1.165) is 9.37 Å². The van der Waals surface area contributed by atoms with E-state index in [0.29, 0.717) is 12.1 Å². The Kier molecular flexibility index (Phi) is 6.51. The molecule has 4 amide bonds. The number of carbonyl (C=O) groups excluding carboxylic acids is 4. The van der Waals surface area contributed by atoms with Crippen molar-refractivity contribution in [2.75, 3.05) is 19.6 Å². The number of esters is 1. The lowest BCUT2D eigenvalue weighted by molar-refractivity contribution is -0.157. The van der Waals surface area contributed by atoms with E-state index >= 15 is 0 Å². The number of ether oxygens (including phenoxy) is 1. The van der Waals surface area contributed by atoms with Gasteiger partial charge in [0.2, 0.25) is 0 Å². The summed E-state index contributed by atoms with van der Waals surface area (Å²) in [4.78, 5) is 48.1. The van der Waals surface area contributed by atoms with Gasteiger partial charge in [0.05, 0.1) is 6.42 Å². The Morgan fingerprint density at radius 3 is 2.60 bits per heavy atom. The average molecular weight is 412 g/mol. The SMILES string of the molecule is C[C@@H](OC(=O)CCNC(=O)c1ccc(Br)cc1)C(=O)N1CCNC1=O. The predicted octanol–water partition coefficient (Wildman–Crippen LogP) is 1.05. The lowest BCUT2D eigenvalue weighted by atomic mass is 10.2. The van der Waals surface area contributed by atoms with Gasteiger partial charge in [0.1, 0.15) is 0 Å². The third kappa shape index (κ3) is 5.28. The smallest absolute Gasteiger partial charge is 0.324 e. The summed E-state index contributed by atoms with van der Waals surface area (Å²) >= 11 is 3.28. The largest absolute Gasteiger partial charge is 0.452 e. The summed E-state index contributed by atoms with van der Waals surface area (Å²) in [5.74, 6) is -1.50. The first-order valence-electron chi connectivity index (χ1n) is 7.71. The number of amides is 4. The van der Waals surface area contributed by atoms with Crippen molar-refractivity contribution in [3.63, 3.8) is 0 Å². The number of imide groups is 1. The maximum atomic E-state index is 12.0. The van der Waals surface area contributed by atoms with Crippen LogP contribution in [0.5, 0.6) is 0 Å². The van der Waals surface area contributed by atoms with Gasteiger partial charge in [-0.2, -0.15) is 0 Å². The quantitative estimate of drug-likeness (QED) is 0.680. The van der Waals surface area contributed by atoms with Crippen molar-refractivity contribution < 1.29 is 23.9 Å². The maximum absolute atomic E-state index is 12.0. The summed E-state index contributed by atoms with van der Waals surface area (Å²) in [5.41, 5.74) is 0.472. The molecule has 9 heteroatoms. The molecule has 1 aliphatic rings. The Labute approximate surface area is 153 Å². The van der Waals surface area contributed by atoms with Crippen molar-refractivity contribution in [1.29, 1.82) is 0 Å². The van der Waals surface area contributed by atoms with Crippen molar-refractivity contribution in [3.8, 4) is 0 Å². The van der Waals surface area contributed by atoms with Gasteiger partial charge in [0.15, 0.2) is 6.10 Å². The van der Waals surface area contributed by atoms with Crippen LogP contribution in [0.1, 0.15) is 23.7 Å². The van der Waals surface area contributed by atoms with Crippen LogP contribution >= 0.6 is 15.9 Å². The van der Waals surface area contributed by atoms with E-state index in [1.165, 1.54) is 6.92 Å². The number of nitrogens with one attached hydrogen (secondary N) is 2. The van der Waals surface area contributed by atoms with E-state index in [2.05, 4.69) is 26.6 Å². The highest BCUT2D eigenvalue weighted by Gasteiger charge is 2.31. The number of halogens is 1. The van der Waals surface area contributed by atoms with Gasteiger partial charge in [0.25, 0.3) is 11.8 Å². The van der Waals surface area contributed by atoms with Crippen LogP contribution in [0, 0.1) is 0 Å². The topological polar surface area (TPSA) is 105 Å². The lowest BCUT2D eigenvalue weighted by Gasteiger charge is -2.18. The molecule has 1 aromatic carbocycles. The van der Waals surface area contributed by atoms with Gasteiger partial charge >= 0.3 is 12.0 Å². The summed E-state index contributed by atoms with van der Waals surface area (Å²) in [6.45, 7) is 2.13. The Bertz CT molecular complexity index is 677. The minimum Gasteiger partial charge on any atom is -0.452 e. The summed E-state index contributed by atoms with van der Waals surface area (Å²) < 4.78 is 5.87. The fourth-order valence-corrected chi connectivity index (χ4v) is 2.45. The van der Waals surface area contributed by atoms with Crippen LogP contribution in [0.3, 0.4) is 0 Å². The molecule has 0 unspecified atom stereocenters. The Balaban J connectivity index is 1.73. The first-order valence-corrected chi connectivity index (χ1v) is 8.50. The molecule has 0 spiro atoms. The highest BCUT2D eigenvalue weighted by atomic mass is 79.9. The third-order valence-corrected chi connectivity index (χ3v) is 4.03. The van der Waals surface area contributed by atoms with E-state index in [4.69, 9.17) is 4.74 Å². The second-order valence-corrected chi connectivity index (χ2v) is 6.28. The van der Waals surface area contributed by atoms with Crippen molar-refractivity contribution in [1.82, 2.24) is 15.5 Å². The van der Waals surface area contributed by atoms with Crippen LogP contribution in [0.15, 0.2) is 28.7 Å². The van der Waals surface area contributed by atoms with Crippen molar-refractivity contribution in [3.05, 3.63) is 34.3 Å². The van der Waals surface area contributed by atoms with Gasteiger partial charge in [-0.05, 0) is 31.2 Å². The fourth-order valence-electron chi connectivity index (χ4n) is 2.19. The Morgan fingerprint density at radius 1 is 1.32 bits per heavy atom. The van der Waals surface area contributed by atoms with Crippen molar-refractivity contribution >= 4 is 39.7 Å². The summed E-state index contributed by atoms with van der Waals surface area (Å²) in [6, 6.07) is 6.30. The van der Waals surface area contributed by atoms with E-state index in [9.17, 15) is 19.2 Å². The van der Waals surface area contributed by atoms with E-state index in [1.54, 1.807) is 24.3 Å². The second kappa shape index (κ2) is 8.61. The lowest BCUT2D eigenvalue weighted by Crippen LogP contribution is -2.42. The monoisotopic (exact) mass is 411 g/mol. The standard InChI is InChI=1S/C16H18BrN3O5/c1-10(15(23)20-9-8-19-16(20)24)25-13(21)6-7-18-14(22)11-2-4-12(17)5-3-11/h2-5,10H,6-9H2,1H3,(H,18,22)(H,19,24)/t10-/m1/s1. The van der Waals surface area contributed by atoms with Gasteiger partial charge < -0.3 is 15.4 Å². The molecule has 0 bridgehead atoms. The molecule has 1 aromatic rings. The normalized spacial score (nSPS) is 14.6. The zero-order valence-corrected chi connectivity index (χ0v) is 15.2. The van der Waals surface area contributed by atoms with E-state index in [1.807, 2.05) is 0 Å². The molecule has 0 aliphatic carbocycles. The molecule has 2 N–H and O–H groups in total. The van der Waals surface area contributed by atoms with Gasteiger partial charge in [-0.1, -0.05) is 15.9 Å². The molecule has 1 atom stereocenters. The van der Waals surface area contributed by atoms with Crippen LogP contribution < -0.4 is 10.6 Å². The molecule has 0 saturated carbocycles. The molecule has 25 heavy (non-hydrogen) atoms. The molecule has 134 valence electrons. The highest BCUT2D eigenvalue weighted by molar-refractivity contribution is 9.10. The zero-order valence-electron chi connectivity index (χ0n) is 13.6. The summed E-state index contributed by atoms with van der Waals surface area (Å²) in [6.07, 6.45) is -1.13. The van der Waals surface area contributed by atoms with Gasteiger partial charge in [-0.3, -0.25) is 19.3 Å². The Morgan fingerprint density at radius 2 is 2.00 bits per heavy atom. The molecule has 1 heterocycles. The number of carbonyl (C=O) groups is 4. The Hall–Kier alpha value is -2.42. The fraction of sp³-hybridized carbons (Fsp3) is 0.375. The molecule has 0 radical (unpaired) electrons. The van der Waals surface area contributed by atoms with E-state index in [-0.39, 0.29) is 25.4 Å². The molecule has 0 aromatic heterocycles. The van der Waals surface area contributed by atoms with Crippen LogP contribution in [0.4, 0.5) is 4.79 Å². The van der Waals surface area contributed by atoms with Crippen molar-refractivity contribution in [2.45, 2.75) is 19.4 Å². The van der Waals surface area contributed by atoms with Crippen LogP contribution in [-0.2, 0) is 14.3 Å². The molecule has 1 saturated heterocycles. The predicted molar refractivity (Wildman–Crippen MR) is 91.8 cm³/mol. The number of hydrogen-bond donors (Lipinski definition) is 2. The maximum Gasteiger partial charge on any atom is 0.324 e. The summed E-state index contributed by atoms with van der Waals surface area (Å²) in [5, 5.41) is 5.10.